The van der Waals surface area contributed by atoms with E-state index in [0.29, 0.717) is 11.1 Å². The summed E-state index contributed by atoms with van der Waals surface area (Å²) in [6.45, 7) is 1.28. The Kier molecular flexibility index (Phi) is 2.93. The molecule has 1 aromatic carbocycles. The Bertz CT molecular complexity index is 575. The predicted octanol–water partition coefficient (Wildman–Crippen LogP) is 1.81. The Morgan fingerprint density at radius 2 is 1.65 bits per heavy atom. The minimum atomic E-state index is -0.391. The molecule has 0 aromatic heterocycles. The van der Waals surface area contributed by atoms with Crippen molar-refractivity contribution >= 4 is 33.4 Å². The monoisotopic (exact) mass is 293 g/mol. The van der Waals surface area contributed by atoms with E-state index in [2.05, 4.69) is 21.2 Å². The fourth-order valence-electron chi connectivity index (χ4n) is 1.63. The van der Waals surface area contributed by atoms with Crippen LogP contribution in [0.3, 0.4) is 0 Å². The topological polar surface area (TPSA) is 63.2 Å². The Hall–Kier alpha value is -1.75. The molecule has 0 aliphatic heterocycles. The van der Waals surface area contributed by atoms with Gasteiger partial charge in [0.05, 0.1) is 4.48 Å². The van der Waals surface area contributed by atoms with Gasteiger partial charge in [0, 0.05) is 18.1 Å². The zero-order chi connectivity index (χ0) is 12.6. The number of Topliss-reactive ketones (excluding diaryl/α,β-unsaturated/α-hetero) is 2. The van der Waals surface area contributed by atoms with Crippen LogP contribution in [0.15, 0.2) is 34.4 Å². The van der Waals surface area contributed by atoms with E-state index in [-0.39, 0.29) is 21.7 Å². The lowest BCUT2D eigenvalue weighted by atomic mass is 9.92. The standard InChI is InChI=1S/C12H8BrNO3/c1-6(15)14-10-9(13)11(16)7-4-2-3-5-8(7)12(10)17/h2-5H,1H3,(H,14,15). The molecule has 5 heteroatoms. The van der Waals surface area contributed by atoms with Crippen molar-refractivity contribution in [2.75, 3.05) is 0 Å². The van der Waals surface area contributed by atoms with Crippen LogP contribution < -0.4 is 5.32 Å². The molecule has 2 rings (SSSR count). The molecule has 0 fully saturated rings. The van der Waals surface area contributed by atoms with Crippen LogP contribution in [-0.2, 0) is 4.79 Å². The van der Waals surface area contributed by atoms with Crippen LogP contribution in [0.2, 0.25) is 0 Å². The van der Waals surface area contributed by atoms with Gasteiger partial charge in [-0.05, 0) is 15.9 Å². The summed E-state index contributed by atoms with van der Waals surface area (Å²) in [7, 11) is 0. The Labute approximate surface area is 106 Å². The van der Waals surface area contributed by atoms with E-state index < -0.39 is 5.91 Å². The zero-order valence-electron chi connectivity index (χ0n) is 8.91. The Balaban J connectivity index is 2.58. The summed E-state index contributed by atoms with van der Waals surface area (Å²) >= 11 is 3.05. The number of fused-ring (bicyclic) bond motifs is 1. The molecular weight excluding hydrogens is 286 g/mol. The molecule has 17 heavy (non-hydrogen) atoms. The molecule has 1 aliphatic carbocycles. The summed E-state index contributed by atoms with van der Waals surface area (Å²) < 4.78 is 0.0939. The number of halogens is 1. The van der Waals surface area contributed by atoms with Crippen LogP contribution >= 0.6 is 15.9 Å². The average molecular weight is 294 g/mol. The number of amides is 1. The fraction of sp³-hybridized carbons (Fsp3) is 0.0833. The number of nitrogens with one attached hydrogen (secondary N) is 1. The molecule has 0 bridgehead atoms. The molecule has 0 unspecified atom stereocenters. The largest absolute Gasteiger partial charge is 0.322 e. The number of ketones is 2. The highest BCUT2D eigenvalue weighted by atomic mass is 79.9. The molecule has 0 atom stereocenters. The predicted molar refractivity (Wildman–Crippen MR) is 64.9 cm³/mol. The van der Waals surface area contributed by atoms with Gasteiger partial charge in [-0.25, -0.2) is 0 Å². The van der Waals surface area contributed by atoms with Gasteiger partial charge in [-0.2, -0.15) is 0 Å². The van der Waals surface area contributed by atoms with Crippen molar-refractivity contribution in [1.29, 1.82) is 0 Å². The number of hydrogen-bond acceptors (Lipinski definition) is 3. The third-order valence-electron chi connectivity index (χ3n) is 2.36. The van der Waals surface area contributed by atoms with Gasteiger partial charge in [-0.1, -0.05) is 24.3 Å². The van der Waals surface area contributed by atoms with E-state index in [4.69, 9.17) is 0 Å². The number of carbonyl (C=O) groups is 3. The Morgan fingerprint density at radius 1 is 1.12 bits per heavy atom. The summed E-state index contributed by atoms with van der Waals surface area (Å²) in [5.74, 6) is -1.05. The molecule has 0 spiro atoms. The van der Waals surface area contributed by atoms with Gasteiger partial charge in [0.2, 0.25) is 17.5 Å². The van der Waals surface area contributed by atoms with Gasteiger partial charge >= 0.3 is 0 Å². The zero-order valence-corrected chi connectivity index (χ0v) is 10.5. The molecular formula is C12H8BrNO3. The fourth-order valence-corrected chi connectivity index (χ4v) is 2.13. The molecule has 1 aromatic rings. The van der Waals surface area contributed by atoms with Crippen molar-refractivity contribution < 1.29 is 14.4 Å². The van der Waals surface area contributed by atoms with Gasteiger partial charge in [-0.3, -0.25) is 14.4 Å². The van der Waals surface area contributed by atoms with Crippen molar-refractivity contribution in [3.8, 4) is 0 Å². The van der Waals surface area contributed by atoms with Crippen molar-refractivity contribution in [1.82, 2.24) is 5.32 Å². The molecule has 4 nitrogen and oxygen atoms in total. The maximum Gasteiger partial charge on any atom is 0.221 e. The highest BCUT2D eigenvalue weighted by molar-refractivity contribution is 9.12. The summed E-state index contributed by atoms with van der Waals surface area (Å²) in [5.41, 5.74) is 0.657. The molecule has 86 valence electrons. The van der Waals surface area contributed by atoms with Crippen molar-refractivity contribution in [3.63, 3.8) is 0 Å². The summed E-state index contributed by atoms with van der Waals surface area (Å²) in [4.78, 5) is 35.0. The molecule has 1 N–H and O–H groups in total. The number of benzene rings is 1. The van der Waals surface area contributed by atoms with Gasteiger partial charge in [0.25, 0.3) is 0 Å². The van der Waals surface area contributed by atoms with Crippen molar-refractivity contribution in [3.05, 3.63) is 45.6 Å². The normalized spacial score (nSPS) is 14.7. The molecule has 1 amide bonds. The third-order valence-corrected chi connectivity index (χ3v) is 3.12. The molecule has 0 radical (unpaired) electrons. The summed E-state index contributed by atoms with van der Waals surface area (Å²) in [6.07, 6.45) is 0. The first-order chi connectivity index (χ1) is 8.02. The lowest BCUT2D eigenvalue weighted by Crippen LogP contribution is -2.31. The maximum atomic E-state index is 12.1. The van der Waals surface area contributed by atoms with Crippen LogP contribution in [0, 0.1) is 0 Å². The molecule has 1 aliphatic rings. The van der Waals surface area contributed by atoms with E-state index in [9.17, 15) is 14.4 Å². The van der Waals surface area contributed by atoms with Gasteiger partial charge in [0.1, 0.15) is 5.70 Å². The minimum absolute atomic E-state index is 0.00111. The second-order valence-corrected chi connectivity index (χ2v) is 4.37. The van der Waals surface area contributed by atoms with E-state index in [1.54, 1.807) is 24.3 Å². The second kappa shape index (κ2) is 4.25. The first kappa shape index (κ1) is 11.7. The van der Waals surface area contributed by atoms with Crippen LogP contribution in [-0.4, -0.2) is 17.5 Å². The number of rotatable bonds is 1. The van der Waals surface area contributed by atoms with E-state index in [1.807, 2.05) is 0 Å². The molecule has 0 saturated carbocycles. The van der Waals surface area contributed by atoms with Gasteiger partial charge in [-0.15, -0.1) is 0 Å². The number of allylic oxidation sites excluding steroid dienone is 2. The number of hydrogen-bond donors (Lipinski definition) is 1. The molecule has 0 heterocycles. The van der Waals surface area contributed by atoms with E-state index >= 15 is 0 Å². The van der Waals surface area contributed by atoms with Crippen LogP contribution in [0.5, 0.6) is 0 Å². The number of carbonyl (C=O) groups excluding carboxylic acids is 3. The minimum Gasteiger partial charge on any atom is -0.322 e. The Morgan fingerprint density at radius 3 is 2.18 bits per heavy atom. The smallest absolute Gasteiger partial charge is 0.221 e. The van der Waals surface area contributed by atoms with E-state index in [0.717, 1.165) is 0 Å². The first-order valence-corrected chi connectivity index (χ1v) is 5.67. The second-order valence-electron chi connectivity index (χ2n) is 3.57. The van der Waals surface area contributed by atoms with Crippen LogP contribution in [0.1, 0.15) is 27.6 Å². The first-order valence-electron chi connectivity index (χ1n) is 4.88. The quantitative estimate of drug-likeness (QED) is 0.859. The summed E-state index contributed by atoms with van der Waals surface area (Å²) in [5, 5.41) is 2.38. The third kappa shape index (κ3) is 1.93. The van der Waals surface area contributed by atoms with Gasteiger partial charge < -0.3 is 5.32 Å². The SMILES string of the molecule is CC(=O)NC1=C(Br)C(=O)c2ccccc2C1=O. The lowest BCUT2D eigenvalue weighted by molar-refractivity contribution is -0.118. The maximum absolute atomic E-state index is 12.1. The highest BCUT2D eigenvalue weighted by Gasteiger charge is 2.31. The summed E-state index contributed by atoms with van der Waals surface area (Å²) in [6, 6.07) is 6.51. The average Bonchev–Trinajstić information content (AvgIpc) is 2.31. The highest BCUT2D eigenvalue weighted by Crippen LogP contribution is 2.28. The van der Waals surface area contributed by atoms with E-state index in [1.165, 1.54) is 6.92 Å². The van der Waals surface area contributed by atoms with Crippen molar-refractivity contribution in [2.45, 2.75) is 6.92 Å². The van der Waals surface area contributed by atoms with Crippen molar-refractivity contribution in [2.24, 2.45) is 0 Å². The lowest BCUT2D eigenvalue weighted by Gasteiger charge is -2.17. The molecule has 0 saturated heterocycles. The van der Waals surface area contributed by atoms with Gasteiger partial charge in [0.15, 0.2) is 0 Å². The van der Waals surface area contributed by atoms with Crippen LogP contribution in [0.4, 0.5) is 0 Å². The van der Waals surface area contributed by atoms with Crippen LogP contribution in [0.25, 0.3) is 0 Å².